The smallest absolute Gasteiger partial charge is 0.306 e. The van der Waals surface area contributed by atoms with Crippen molar-refractivity contribution in [3.8, 4) is 0 Å². The largest absolute Gasteiger partial charge is 0.456 e. The number of carbonyl (C=O) groups excluding carboxylic acids is 4. The molecule has 156 valence electrons. The van der Waals surface area contributed by atoms with Gasteiger partial charge in [-0.1, -0.05) is 11.6 Å². The van der Waals surface area contributed by atoms with Crippen molar-refractivity contribution in [2.24, 2.45) is 0 Å². The van der Waals surface area contributed by atoms with E-state index in [1.165, 1.54) is 4.90 Å². The van der Waals surface area contributed by atoms with Crippen molar-refractivity contribution < 1.29 is 23.9 Å². The van der Waals surface area contributed by atoms with E-state index in [-0.39, 0.29) is 49.4 Å². The van der Waals surface area contributed by atoms with E-state index >= 15 is 0 Å². The molecule has 2 aliphatic rings. The number of imide groups is 1. The van der Waals surface area contributed by atoms with E-state index in [1.54, 1.807) is 23.1 Å². The number of nitrogens with zero attached hydrogens (tertiary/aromatic N) is 2. The van der Waals surface area contributed by atoms with Crippen molar-refractivity contribution in [3.63, 3.8) is 0 Å². The van der Waals surface area contributed by atoms with E-state index in [9.17, 15) is 19.2 Å². The molecule has 2 aliphatic heterocycles. The third kappa shape index (κ3) is 4.49. The predicted molar refractivity (Wildman–Crippen MR) is 106 cm³/mol. The predicted octanol–water partition coefficient (Wildman–Crippen LogP) is 2.70. The first-order chi connectivity index (χ1) is 13.8. The van der Waals surface area contributed by atoms with Crippen LogP contribution in [0.1, 0.15) is 72.2 Å². The average molecular weight is 400 g/mol. The van der Waals surface area contributed by atoms with E-state index in [0.29, 0.717) is 17.5 Å². The molecule has 3 amide bonds. The molecule has 2 atom stereocenters. The molecule has 0 N–H and O–H groups in total. The van der Waals surface area contributed by atoms with E-state index in [2.05, 4.69) is 0 Å². The zero-order valence-corrected chi connectivity index (χ0v) is 17.3. The highest BCUT2D eigenvalue weighted by atomic mass is 16.5. The summed E-state index contributed by atoms with van der Waals surface area (Å²) in [5.41, 5.74) is 1.73. The average Bonchev–Trinajstić information content (AvgIpc) is 2.90. The molecule has 29 heavy (non-hydrogen) atoms. The molecular formula is C22H28N2O5. The fourth-order valence-electron chi connectivity index (χ4n) is 4.19. The number of fused-ring (bicyclic) bond motifs is 1. The number of hydrogen-bond donors (Lipinski definition) is 0. The van der Waals surface area contributed by atoms with Gasteiger partial charge in [0.05, 0.1) is 11.1 Å². The Morgan fingerprint density at radius 3 is 2.41 bits per heavy atom. The van der Waals surface area contributed by atoms with Gasteiger partial charge in [-0.15, -0.1) is 0 Å². The molecular weight excluding hydrogens is 372 g/mol. The minimum atomic E-state index is -0.497. The summed E-state index contributed by atoms with van der Waals surface area (Å²) in [6, 6.07) is 5.47. The van der Waals surface area contributed by atoms with Crippen LogP contribution in [0.3, 0.4) is 0 Å². The lowest BCUT2D eigenvalue weighted by Crippen LogP contribution is -2.49. The van der Waals surface area contributed by atoms with Crippen molar-refractivity contribution in [1.82, 2.24) is 9.80 Å². The third-order valence-corrected chi connectivity index (χ3v) is 5.73. The van der Waals surface area contributed by atoms with Crippen LogP contribution in [-0.2, 0) is 14.3 Å². The Labute approximate surface area is 171 Å². The van der Waals surface area contributed by atoms with Crippen LogP contribution in [0.5, 0.6) is 0 Å². The molecule has 0 radical (unpaired) electrons. The molecule has 0 bridgehead atoms. The molecule has 3 rings (SSSR count). The van der Waals surface area contributed by atoms with Crippen LogP contribution in [0.2, 0.25) is 0 Å². The second-order valence-corrected chi connectivity index (χ2v) is 8.01. The van der Waals surface area contributed by atoms with Gasteiger partial charge in [-0.3, -0.25) is 24.1 Å². The van der Waals surface area contributed by atoms with Crippen molar-refractivity contribution in [2.45, 2.75) is 65.0 Å². The lowest BCUT2D eigenvalue weighted by atomic mass is 9.97. The van der Waals surface area contributed by atoms with Gasteiger partial charge in [-0.05, 0) is 58.6 Å². The second kappa shape index (κ2) is 8.76. The van der Waals surface area contributed by atoms with Gasteiger partial charge in [-0.2, -0.15) is 0 Å². The molecule has 2 heterocycles. The summed E-state index contributed by atoms with van der Waals surface area (Å²) in [7, 11) is 0. The summed E-state index contributed by atoms with van der Waals surface area (Å²) >= 11 is 0. The minimum Gasteiger partial charge on any atom is -0.456 e. The van der Waals surface area contributed by atoms with Crippen molar-refractivity contribution in [2.75, 3.05) is 13.2 Å². The van der Waals surface area contributed by atoms with Gasteiger partial charge in [0.25, 0.3) is 17.7 Å². The number of hydrogen-bond acceptors (Lipinski definition) is 5. The van der Waals surface area contributed by atoms with Gasteiger partial charge < -0.3 is 9.64 Å². The highest BCUT2D eigenvalue weighted by Crippen LogP contribution is 2.24. The summed E-state index contributed by atoms with van der Waals surface area (Å²) in [4.78, 5) is 52.2. The van der Waals surface area contributed by atoms with Crippen molar-refractivity contribution in [3.05, 3.63) is 34.9 Å². The van der Waals surface area contributed by atoms with Crippen LogP contribution in [0.4, 0.5) is 0 Å². The third-order valence-electron chi connectivity index (χ3n) is 5.73. The van der Waals surface area contributed by atoms with Gasteiger partial charge >= 0.3 is 5.97 Å². The Kier molecular flexibility index (Phi) is 6.35. The van der Waals surface area contributed by atoms with Gasteiger partial charge in [0, 0.05) is 25.0 Å². The number of piperidine rings is 1. The SMILES string of the molecule is Cc1ccc2c(c1)C(=O)N(CCCC(=O)OCC(=O)N1C(C)CCCC1C)C2=O. The molecule has 1 fully saturated rings. The molecule has 1 saturated heterocycles. The lowest BCUT2D eigenvalue weighted by molar-refractivity contribution is -0.154. The molecule has 1 aromatic carbocycles. The standard InChI is InChI=1S/C22H28N2O5/c1-14-9-10-17-18(12-14)22(28)23(21(17)27)11-5-8-20(26)29-13-19(25)24-15(2)6-4-7-16(24)3/h9-10,12,15-16H,4-8,11,13H2,1-3H3. The zero-order chi connectivity index (χ0) is 21.1. The quantitative estimate of drug-likeness (QED) is 0.542. The van der Waals surface area contributed by atoms with E-state index in [0.717, 1.165) is 24.8 Å². The number of benzene rings is 1. The summed E-state index contributed by atoms with van der Waals surface area (Å²) in [6.07, 6.45) is 3.37. The summed E-state index contributed by atoms with van der Waals surface area (Å²) in [5.74, 6) is -1.33. The minimum absolute atomic E-state index is 0.0464. The first-order valence-corrected chi connectivity index (χ1v) is 10.2. The lowest BCUT2D eigenvalue weighted by Gasteiger charge is -2.38. The summed E-state index contributed by atoms with van der Waals surface area (Å²) < 4.78 is 5.13. The maximum Gasteiger partial charge on any atom is 0.306 e. The monoisotopic (exact) mass is 400 g/mol. The Morgan fingerprint density at radius 2 is 1.72 bits per heavy atom. The van der Waals surface area contributed by atoms with Crippen LogP contribution in [0.25, 0.3) is 0 Å². The second-order valence-electron chi connectivity index (χ2n) is 8.01. The molecule has 0 spiro atoms. The zero-order valence-electron chi connectivity index (χ0n) is 17.3. The van der Waals surface area contributed by atoms with Gasteiger partial charge in [-0.25, -0.2) is 0 Å². The van der Waals surface area contributed by atoms with Gasteiger partial charge in [0.1, 0.15) is 0 Å². The normalized spacial score (nSPS) is 21.3. The Hall–Kier alpha value is -2.70. The number of carbonyl (C=O) groups is 4. The van der Waals surface area contributed by atoms with Gasteiger partial charge in [0.2, 0.25) is 0 Å². The molecule has 0 aromatic heterocycles. The fraction of sp³-hybridized carbons (Fsp3) is 0.545. The molecule has 2 unspecified atom stereocenters. The van der Waals surface area contributed by atoms with E-state index in [4.69, 9.17) is 4.74 Å². The highest BCUT2D eigenvalue weighted by molar-refractivity contribution is 6.21. The maximum absolute atomic E-state index is 12.4. The molecule has 1 aromatic rings. The fourth-order valence-corrected chi connectivity index (χ4v) is 4.19. The number of rotatable bonds is 6. The van der Waals surface area contributed by atoms with E-state index in [1.807, 2.05) is 20.8 Å². The summed E-state index contributed by atoms with van der Waals surface area (Å²) in [6.45, 7) is 5.77. The van der Waals surface area contributed by atoms with Crippen molar-refractivity contribution in [1.29, 1.82) is 0 Å². The van der Waals surface area contributed by atoms with Gasteiger partial charge in [0.15, 0.2) is 6.61 Å². The highest BCUT2D eigenvalue weighted by Gasteiger charge is 2.35. The van der Waals surface area contributed by atoms with Crippen LogP contribution >= 0.6 is 0 Å². The Balaban J connectivity index is 1.44. The molecule has 0 aliphatic carbocycles. The topological polar surface area (TPSA) is 84.0 Å². The Morgan fingerprint density at radius 1 is 1.07 bits per heavy atom. The van der Waals surface area contributed by atoms with Crippen LogP contribution < -0.4 is 0 Å². The Bertz CT molecular complexity index is 824. The number of likely N-dealkylation sites (tertiary alicyclic amines) is 1. The van der Waals surface area contributed by atoms with Crippen LogP contribution in [-0.4, -0.2) is 58.7 Å². The first kappa shape index (κ1) is 21.0. The molecule has 7 heteroatoms. The van der Waals surface area contributed by atoms with Crippen LogP contribution in [0, 0.1) is 6.92 Å². The molecule has 7 nitrogen and oxygen atoms in total. The molecule has 0 saturated carbocycles. The van der Waals surface area contributed by atoms with Crippen molar-refractivity contribution >= 4 is 23.7 Å². The number of esters is 1. The maximum atomic E-state index is 12.4. The number of ether oxygens (including phenoxy) is 1. The number of amides is 3. The summed E-state index contributed by atoms with van der Waals surface area (Å²) in [5, 5.41) is 0. The van der Waals surface area contributed by atoms with Crippen LogP contribution in [0.15, 0.2) is 18.2 Å². The number of aryl methyl sites for hydroxylation is 1. The first-order valence-electron chi connectivity index (χ1n) is 10.2. The van der Waals surface area contributed by atoms with E-state index < -0.39 is 5.97 Å².